The van der Waals surface area contributed by atoms with Gasteiger partial charge in [0.2, 0.25) is 0 Å². The zero-order valence-corrected chi connectivity index (χ0v) is 12.2. The lowest BCUT2D eigenvalue weighted by Crippen LogP contribution is -2.11. The number of esters is 1. The Balaban J connectivity index is 1.79. The molecule has 1 aliphatic heterocycles. The topological polar surface area (TPSA) is 44.8 Å². The summed E-state index contributed by atoms with van der Waals surface area (Å²) < 4.78 is 16.3. The van der Waals surface area contributed by atoms with E-state index in [-0.39, 0.29) is 6.61 Å². The third kappa shape index (κ3) is 3.11. The summed E-state index contributed by atoms with van der Waals surface area (Å²) in [6, 6.07) is 16.9. The highest BCUT2D eigenvalue weighted by molar-refractivity contribution is 5.90. The van der Waals surface area contributed by atoms with Crippen LogP contribution in [0.15, 0.2) is 60.7 Å². The Hall–Kier alpha value is -2.75. The SMILES string of the molecule is COc1ccc(C2=CC(=O)O[C@H](c3ccccc3)CO2)cc1. The van der Waals surface area contributed by atoms with Crippen LogP contribution in [0.2, 0.25) is 0 Å². The fraction of sp³-hybridized carbons (Fsp3) is 0.167. The zero-order valence-electron chi connectivity index (χ0n) is 12.2. The van der Waals surface area contributed by atoms with Crippen LogP contribution in [0.4, 0.5) is 0 Å². The second-order valence-electron chi connectivity index (χ2n) is 4.88. The fourth-order valence-electron chi connectivity index (χ4n) is 2.28. The lowest BCUT2D eigenvalue weighted by molar-refractivity contribution is -0.144. The van der Waals surface area contributed by atoms with Crippen LogP contribution < -0.4 is 4.74 Å². The van der Waals surface area contributed by atoms with Crippen LogP contribution in [0.1, 0.15) is 17.2 Å². The molecule has 2 aromatic carbocycles. The number of ether oxygens (including phenoxy) is 3. The maximum absolute atomic E-state index is 12.0. The summed E-state index contributed by atoms with van der Waals surface area (Å²) in [6.45, 7) is 0.285. The molecule has 0 radical (unpaired) electrons. The van der Waals surface area contributed by atoms with E-state index in [1.165, 1.54) is 6.08 Å². The van der Waals surface area contributed by atoms with Gasteiger partial charge in [-0.2, -0.15) is 0 Å². The smallest absolute Gasteiger partial charge is 0.335 e. The Morgan fingerprint density at radius 2 is 1.77 bits per heavy atom. The summed E-state index contributed by atoms with van der Waals surface area (Å²) in [5.74, 6) is 0.853. The summed E-state index contributed by atoms with van der Waals surface area (Å²) in [7, 11) is 1.61. The van der Waals surface area contributed by atoms with E-state index in [1.54, 1.807) is 7.11 Å². The molecule has 0 amide bonds. The molecular weight excluding hydrogens is 280 g/mol. The molecule has 0 aliphatic carbocycles. The summed E-state index contributed by atoms with van der Waals surface area (Å²) in [5, 5.41) is 0. The number of carbonyl (C=O) groups is 1. The van der Waals surface area contributed by atoms with E-state index < -0.39 is 12.1 Å². The predicted octanol–water partition coefficient (Wildman–Crippen LogP) is 3.35. The molecule has 0 bridgehead atoms. The maximum atomic E-state index is 12.0. The number of hydrogen-bond acceptors (Lipinski definition) is 4. The largest absolute Gasteiger partial charge is 0.497 e. The van der Waals surface area contributed by atoms with E-state index in [0.717, 1.165) is 16.9 Å². The average molecular weight is 296 g/mol. The Labute approximate surface area is 128 Å². The highest BCUT2D eigenvalue weighted by Crippen LogP contribution is 2.27. The molecule has 3 rings (SSSR count). The molecule has 2 aromatic rings. The molecule has 1 atom stereocenters. The fourth-order valence-corrected chi connectivity index (χ4v) is 2.28. The molecular formula is C18H16O4. The molecule has 0 saturated carbocycles. The molecule has 22 heavy (non-hydrogen) atoms. The van der Waals surface area contributed by atoms with Crippen molar-refractivity contribution < 1.29 is 19.0 Å². The van der Waals surface area contributed by atoms with Gasteiger partial charge >= 0.3 is 5.97 Å². The van der Waals surface area contributed by atoms with Crippen LogP contribution >= 0.6 is 0 Å². The maximum Gasteiger partial charge on any atom is 0.335 e. The Morgan fingerprint density at radius 3 is 2.45 bits per heavy atom. The predicted molar refractivity (Wildman–Crippen MR) is 82.2 cm³/mol. The normalized spacial score (nSPS) is 17.8. The van der Waals surface area contributed by atoms with E-state index in [0.29, 0.717) is 5.76 Å². The molecule has 0 fully saturated rings. The Morgan fingerprint density at radius 1 is 1.05 bits per heavy atom. The van der Waals surface area contributed by atoms with Gasteiger partial charge in [-0.3, -0.25) is 0 Å². The van der Waals surface area contributed by atoms with Crippen molar-refractivity contribution in [1.82, 2.24) is 0 Å². The number of rotatable bonds is 3. The first kappa shape index (κ1) is 14.2. The van der Waals surface area contributed by atoms with Gasteiger partial charge < -0.3 is 14.2 Å². The lowest BCUT2D eigenvalue weighted by atomic mass is 10.1. The standard InChI is InChI=1S/C18H16O4/c1-20-15-9-7-14(8-10-15)16-11-18(19)22-17(12-21-16)13-5-3-2-4-6-13/h2-11,17H,12H2,1H3/t17-/m0/s1. The van der Waals surface area contributed by atoms with Crippen molar-refractivity contribution in [3.05, 3.63) is 71.8 Å². The first-order valence-electron chi connectivity index (χ1n) is 7.01. The number of carbonyl (C=O) groups excluding carboxylic acids is 1. The molecule has 1 heterocycles. The Kier molecular flexibility index (Phi) is 4.10. The van der Waals surface area contributed by atoms with E-state index in [9.17, 15) is 4.79 Å². The van der Waals surface area contributed by atoms with Crippen molar-refractivity contribution in [2.45, 2.75) is 6.10 Å². The van der Waals surface area contributed by atoms with E-state index in [1.807, 2.05) is 54.6 Å². The first-order chi connectivity index (χ1) is 10.8. The van der Waals surface area contributed by atoms with Crippen LogP contribution in [-0.4, -0.2) is 19.7 Å². The van der Waals surface area contributed by atoms with Gasteiger partial charge in [-0.05, 0) is 29.8 Å². The van der Waals surface area contributed by atoms with Gasteiger partial charge in [0.15, 0.2) is 6.10 Å². The van der Waals surface area contributed by atoms with Crippen molar-refractivity contribution in [3.63, 3.8) is 0 Å². The average Bonchev–Trinajstić information content (AvgIpc) is 2.77. The summed E-state index contributed by atoms with van der Waals surface area (Å²) >= 11 is 0. The third-order valence-electron chi connectivity index (χ3n) is 3.44. The van der Waals surface area contributed by atoms with Crippen LogP contribution in [0, 0.1) is 0 Å². The van der Waals surface area contributed by atoms with E-state index >= 15 is 0 Å². The Bertz CT molecular complexity index is 674. The molecule has 1 aliphatic rings. The van der Waals surface area contributed by atoms with Gasteiger partial charge in [0.1, 0.15) is 18.1 Å². The highest BCUT2D eigenvalue weighted by atomic mass is 16.6. The molecule has 4 heteroatoms. The van der Waals surface area contributed by atoms with Crippen LogP contribution in [0.25, 0.3) is 5.76 Å². The van der Waals surface area contributed by atoms with Crippen LogP contribution in [-0.2, 0) is 14.3 Å². The van der Waals surface area contributed by atoms with Gasteiger partial charge in [-0.1, -0.05) is 30.3 Å². The van der Waals surface area contributed by atoms with Gasteiger partial charge in [-0.15, -0.1) is 0 Å². The zero-order chi connectivity index (χ0) is 15.4. The summed E-state index contributed by atoms with van der Waals surface area (Å²) in [6.07, 6.45) is 0.978. The monoisotopic (exact) mass is 296 g/mol. The second-order valence-corrected chi connectivity index (χ2v) is 4.88. The van der Waals surface area contributed by atoms with Crippen molar-refractivity contribution in [2.75, 3.05) is 13.7 Å². The first-order valence-corrected chi connectivity index (χ1v) is 7.01. The molecule has 0 N–H and O–H groups in total. The van der Waals surface area contributed by atoms with Crippen molar-refractivity contribution in [3.8, 4) is 5.75 Å². The van der Waals surface area contributed by atoms with E-state index in [2.05, 4.69) is 0 Å². The van der Waals surface area contributed by atoms with E-state index in [4.69, 9.17) is 14.2 Å². The number of hydrogen-bond donors (Lipinski definition) is 0. The molecule has 112 valence electrons. The minimum atomic E-state index is -0.405. The minimum Gasteiger partial charge on any atom is -0.497 e. The van der Waals surface area contributed by atoms with Crippen molar-refractivity contribution in [2.24, 2.45) is 0 Å². The van der Waals surface area contributed by atoms with Gasteiger partial charge in [0.25, 0.3) is 0 Å². The number of cyclic esters (lactones) is 1. The van der Waals surface area contributed by atoms with Crippen molar-refractivity contribution >= 4 is 11.7 Å². The molecule has 0 spiro atoms. The molecule has 0 saturated heterocycles. The third-order valence-corrected chi connectivity index (χ3v) is 3.44. The number of benzene rings is 2. The highest BCUT2D eigenvalue weighted by Gasteiger charge is 2.22. The van der Waals surface area contributed by atoms with Crippen LogP contribution in [0.5, 0.6) is 5.75 Å². The summed E-state index contributed by atoms with van der Waals surface area (Å²) in [4.78, 5) is 12.0. The van der Waals surface area contributed by atoms with Crippen molar-refractivity contribution in [1.29, 1.82) is 0 Å². The lowest BCUT2D eigenvalue weighted by Gasteiger charge is -2.15. The quantitative estimate of drug-likeness (QED) is 0.815. The van der Waals surface area contributed by atoms with Gasteiger partial charge in [-0.25, -0.2) is 4.79 Å². The van der Waals surface area contributed by atoms with Gasteiger partial charge in [0.05, 0.1) is 13.2 Å². The molecule has 4 nitrogen and oxygen atoms in total. The molecule has 0 unspecified atom stereocenters. The second kappa shape index (κ2) is 6.35. The molecule has 0 aromatic heterocycles. The summed E-state index contributed by atoms with van der Waals surface area (Å²) in [5.41, 5.74) is 1.73. The van der Waals surface area contributed by atoms with Crippen LogP contribution in [0.3, 0.4) is 0 Å². The number of methoxy groups -OCH3 is 1. The van der Waals surface area contributed by atoms with Gasteiger partial charge in [0, 0.05) is 5.56 Å². The minimum absolute atomic E-state index is 0.285.